The third kappa shape index (κ3) is 5.67. The minimum atomic E-state index is -3.85. The van der Waals surface area contributed by atoms with Crippen LogP contribution in [0.2, 0.25) is 10.0 Å². The van der Waals surface area contributed by atoms with Crippen LogP contribution in [0.5, 0.6) is 0 Å². The van der Waals surface area contributed by atoms with Gasteiger partial charge in [0, 0.05) is 18.4 Å². The van der Waals surface area contributed by atoms with Gasteiger partial charge in [0.1, 0.15) is 6.17 Å². The molecule has 0 radical (unpaired) electrons. The number of hydrogen-bond acceptors (Lipinski definition) is 3. The van der Waals surface area contributed by atoms with Gasteiger partial charge in [0.15, 0.2) is 0 Å². The highest BCUT2D eigenvalue weighted by atomic mass is 35.5. The molecule has 0 heterocycles. The lowest BCUT2D eigenvalue weighted by Gasteiger charge is -2.21. The second-order valence-electron chi connectivity index (χ2n) is 6.20. The standard InChI is InChI=1S/C17H20Cl2FNO4S/c18-13-7-6-11(10-14(13)19)26(24,25)21-16-9-8-15(20)12(16)4-2-1-3-5-17(22)23/h1-2,6-7,10,12,15-16,21H,3-5,8-9H2,(H,22,23)/b2-1-/t12-,15+,16-/m0/s1. The summed E-state index contributed by atoms with van der Waals surface area (Å²) in [5, 5.41) is 8.97. The molecule has 0 bridgehead atoms. The predicted octanol–water partition coefficient (Wildman–Crippen LogP) is 4.20. The number of carbonyl (C=O) groups is 1. The molecule has 9 heteroatoms. The molecular formula is C17H20Cl2FNO4S. The molecule has 1 aliphatic carbocycles. The molecule has 2 rings (SSSR count). The molecule has 1 aromatic rings. The summed E-state index contributed by atoms with van der Waals surface area (Å²) in [5.74, 6) is -1.39. The number of sulfonamides is 1. The van der Waals surface area contributed by atoms with Crippen molar-refractivity contribution < 1.29 is 22.7 Å². The van der Waals surface area contributed by atoms with Gasteiger partial charge in [-0.3, -0.25) is 4.79 Å². The number of allylic oxidation sites excluding steroid dienone is 2. The van der Waals surface area contributed by atoms with E-state index in [2.05, 4.69) is 4.72 Å². The van der Waals surface area contributed by atoms with Gasteiger partial charge >= 0.3 is 5.97 Å². The summed E-state index contributed by atoms with van der Waals surface area (Å²) in [6.07, 6.45) is 3.68. The van der Waals surface area contributed by atoms with E-state index in [1.165, 1.54) is 18.2 Å². The fourth-order valence-electron chi connectivity index (χ4n) is 2.97. The fraction of sp³-hybridized carbons (Fsp3) is 0.471. The van der Waals surface area contributed by atoms with Crippen LogP contribution < -0.4 is 4.72 Å². The van der Waals surface area contributed by atoms with Crippen molar-refractivity contribution in [3.63, 3.8) is 0 Å². The van der Waals surface area contributed by atoms with E-state index < -0.39 is 34.1 Å². The normalized spacial score (nSPS) is 23.6. The van der Waals surface area contributed by atoms with Gasteiger partial charge in [-0.1, -0.05) is 35.4 Å². The van der Waals surface area contributed by atoms with E-state index in [1.54, 1.807) is 12.2 Å². The van der Waals surface area contributed by atoms with Crippen molar-refractivity contribution in [3.05, 3.63) is 40.4 Å². The molecule has 0 aliphatic heterocycles. The molecule has 144 valence electrons. The van der Waals surface area contributed by atoms with Crippen LogP contribution in [0.15, 0.2) is 35.2 Å². The van der Waals surface area contributed by atoms with Crippen LogP contribution in [0, 0.1) is 5.92 Å². The first kappa shape index (κ1) is 21.2. The molecule has 0 saturated heterocycles. The van der Waals surface area contributed by atoms with Crippen molar-refractivity contribution in [2.75, 3.05) is 0 Å². The average molecular weight is 424 g/mol. The van der Waals surface area contributed by atoms with Crippen LogP contribution in [-0.4, -0.2) is 31.7 Å². The third-order valence-corrected chi connectivity index (χ3v) is 6.57. The van der Waals surface area contributed by atoms with Crippen molar-refractivity contribution in [2.24, 2.45) is 5.92 Å². The largest absolute Gasteiger partial charge is 0.481 e. The maximum absolute atomic E-state index is 14.2. The molecule has 0 spiro atoms. The molecule has 3 atom stereocenters. The summed E-state index contributed by atoms with van der Waals surface area (Å²) < 4.78 is 41.8. The highest BCUT2D eigenvalue weighted by molar-refractivity contribution is 7.89. The lowest BCUT2D eigenvalue weighted by molar-refractivity contribution is -0.136. The number of rotatable bonds is 8. The highest BCUT2D eigenvalue weighted by Crippen LogP contribution is 2.33. The van der Waals surface area contributed by atoms with Gasteiger partial charge in [-0.15, -0.1) is 0 Å². The molecular weight excluding hydrogens is 404 g/mol. The SMILES string of the molecule is O=C(O)CC/C=C\C[C@H]1[C@H](F)CC[C@@H]1NS(=O)(=O)c1ccc(Cl)c(Cl)c1. The van der Waals surface area contributed by atoms with Crippen molar-refractivity contribution in [3.8, 4) is 0 Å². The molecule has 0 amide bonds. The molecule has 0 aromatic heterocycles. The summed E-state index contributed by atoms with van der Waals surface area (Å²) in [6, 6.07) is 3.47. The molecule has 1 fully saturated rings. The Balaban J connectivity index is 2.03. The second kappa shape index (κ2) is 9.17. The van der Waals surface area contributed by atoms with E-state index in [0.29, 0.717) is 19.3 Å². The Morgan fingerprint density at radius 1 is 1.27 bits per heavy atom. The summed E-state index contributed by atoms with van der Waals surface area (Å²) in [4.78, 5) is 10.4. The van der Waals surface area contributed by atoms with Crippen LogP contribution in [0.3, 0.4) is 0 Å². The number of aliphatic carboxylic acids is 1. The van der Waals surface area contributed by atoms with Gasteiger partial charge in [0.05, 0.1) is 14.9 Å². The maximum atomic E-state index is 14.2. The minimum absolute atomic E-state index is 0.00754. The van der Waals surface area contributed by atoms with Crippen molar-refractivity contribution >= 4 is 39.2 Å². The lowest BCUT2D eigenvalue weighted by Crippen LogP contribution is -2.38. The Kier molecular flexibility index (Phi) is 7.46. The Bertz CT molecular complexity index is 785. The second-order valence-corrected chi connectivity index (χ2v) is 8.73. The zero-order valence-corrected chi connectivity index (χ0v) is 16.2. The van der Waals surface area contributed by atoms with Crippen LogP contribution in [0.1, 0.15) is 32.1 Å². The quantitative estimate of drug-likeness (QED) is 0.613. The van der Waals surface area contributed by atoms with Gasteiger partial charge in [-0.05, 0) is 43.9 Å². The number of carboxylic acids is 1. The predicted molar refractivity (Wildman–Crippen MR) is 98.8 cm³/mol. The first-order valence-electron chi connectivity index (χ1n) is 8.19. The van der Waals surface area contributed by atoms with E-state index in [9.17, 15) is 17.6 Å². The molecule has 1 aromatic carbocycles. The van der Waals surface area contributed by atoms with Crippen LogP contribution >= 0.6 is 23.2 Å². The first-order chi connectivity index (χ1) is 12.2. The maximum Gasteiger partial charge on any atom is 0.303 e. The van der Waals surface area contributed by atoms with E-state index in [0.717, 1.165) is 0 Å². The van der Waals surface area contributed by atoms with E-state index >= 15 is 0 Å². The van der Waals surface area contributed by atoms with Crippen molar-refractivity contribution in [1.29, 1.82) is 0 Å². The minimum Gasteiger partial charge on any atom is -0.481 e. The van der Waals surface area contributed by atoms with Crippen LogP contribution in [-0.2, 0) is 14.8 Å². The van der Waals surface area contributed by atoms with Crippen molar-refractivity contribution in [2.45, 2.75) is 49.2 Å². The number of alkyl halides is 1. The summed E-state index contributed by atoms with van der Waals surface area (Å²) >= 11 is 11.7. The molecule has 26 heavy (non-hydrogen) atoms. The summed E-state index contributed by atoms with van der Waals surface area (Å²) in [5.41, 5.74) is 0. The van der Waals surface area contributed by atoms with Crippen LogP contribution in [0.4, 0.5) is 4.39 Å². The summed E-state index contributed by atoms with van der Waals surface area (Å²) in [7, 11) is -3.85. The van der Waals surface area contributed by atoms with Gasteiger partial charge in [0.2, 0.25) is 10.0 Å². The molecule has 0 unspecified atom stereocenters. The van der Waals surface area contributed by atoms with Gasteiger partial charge in [-0.25, -0.2) is 17.5 Å². The third-order valence-electron chi connectivity index (χ3n) is 4.34. The number of hydrogen-bond donors (Lipinski definition) is 2. The van der Waals surface area contributed by atoms with Gasteiger partial charge in [-0.2, -0.15) is 0 Å². The Labute approximate surface area is 162 Å². The van der Waals surface area contributed by atoms with Crippen LogP contribution in [0.25, 0.3) is 0 Å². The number of nitrogens with one attached hydrogen (secondary N) is 1. The zero-order valence-electron chi connectivity index (χ0n) is 13.9. The molecule has 1 saturated carbocycles. The Hall–Kier alpha value is -1.15. The molecule has 5 nitrogen and oxygen atoms in total. The molecule has 2 N–H and O–H groups in total. The first-order valence-corrected chi connectivity index (χ1v) is 10.4. The highest BCUT2D eigenvalue weighted by Gasteiger charge is 2.38. The fourth-order valence-corrected chi connectivity index (χ4v) is 4.68. The zero-order chi connectivity index (χ0) is 19.3. The van der Waals surface area contributed by atoms with E-state index in [1.807, 2.05) is 0 Å². The number of benzene rings is 1. The average Bonchev–Trinajstić information content (AvgIpc) is 2.89. The lowest BCUT2D eigenvalue weighted by atomic mass is 9.98. The van der Waals surface area contributed by atoms with Crippen molar-refractivity contribution in [1.82, 2.24) is 4.72 Å². The number of carboxylic acid groups (broad SMARTS) is 1. The van der Waals surface area contributed by atoms with Gasteiger partial charge < -0.3 is 5.11 Å². The van der Waals surface area contributed by atoms with Gasteiger partial charge in [0.25, 0.3) is 0 Å². The Morgan fingerprint density at radius 2 is 2.00 bits per heavy atom. The van der Waals surface area contributed by atoms with E-state index in [-0.39, 0.29) is 27.8 Å². The topological polar surface area (TPSA) is 83.5 Å². The Morgan fingerprint density at radius 3 is 2.65 bits per heavy atom. The smallest absolute Gasteiger partial charge is 0.303 e. The summed E-state index contributed by atoms with van der Waals surface area (Å²) in [6.45, 7) is 0. The number of halogens is 3. The monoisotopic (exact) mass is 423 g/mol. The van der Waals surface area contributed by atoms with E-state index in [4.69, 9.17) is 28.3 Å². The molecule has 1 aliphatic rings.